The van der Waals surface area contributed by atoms with E-state index in [2.05, 4.69) is 24.1 Å². The number of rotatable bonds is 7. The zero-order chi connectivity index (χ0) is 12.1. The van der Waals surface area contributed by atoms with Crippen LogP contribution in [0.25, 0.3) is 0 Å². The van der Waals surface area contributed by atoms with E-state index in [1.54, 1.807) is 0 Å². The Bertz CT molecular complexity index is 213. The maximum Gasteiger partial charge on any atom is 0.0110 e. The van der Waals surface area contributed by atoms with Crippen LogP contribution in [-0.2, 0) is 0 Å². The lowest BCUT2D eigenvalue weighted by Crippen LogP contribution is -2.45. The molecule has 0 saturated heterocycles. The summed E-state index contributed by atoms with van der Waals surface area (Å²) in [5, 5.41) is 3.72. The van der Waals surface area contributed by atoms with Crippen LogP contribution in [0.4, 0.5) is 0 Å². The Labute approximate surface area is 107 Å². The standard InChI is InChI=1S/C15H30N2/c1-3-10-16-14-6-5-7-15(11-14)17(4-2)12-13-8-9-13/h13-16H,3-12H2,1-2H3. The van der Waals surface area contributed by atoms with Crippen molar-refractivity contribution >= 4 is 0 Å². The fourth-order valence-corrected chi connectivity index (χ4v) is 3.20. The molecule has 2 unspecified atom stereocenters. The van der Waals surface area contributed by atoms with Crippen molar-refractivity contribution in [3.63, 3.8) is 0 Å². The van der Waals surface area contributed by atoms with Crippen LogP contribution in [0.2, 0.25) is 0 Å². The molecule has 1 N–H and O–H groups in total. The quantitative estimate of drug-likeness (QED) is 0.733. The van der Waals surface area contributed by atoms with Gasteiger partial charge in [0.2, 0.25) is 0 Å². The Kier molecular flexibility index (Phi) is 5.30. The Morgan fingerprint density at radius 2 is 1.94 bits per heavy atom. The topological polar surface area (TPSA) is 15.3 Å². The molecule has 2 nitrogen and oxygen atoms in total. The summed E-state index contributed by atoms with van der Waals surface area (Å²) in [5.41, 5.74) is 0. The molecule has 100 valence electrons. The Morgan fingerprint density at radius 1 is 1.12 bits per heavy atom. The highest BCUT2D eigenvalue weighted by molar-refractivity contribution is 4.86. The van der Waals surface area contributed by atoms with E-state index in [0.717, 1.165) is 18.0 Å². The minimum Gasteiger partial charge on any atom is -0.314 e. The first kappa shape index (κ1) is 13.4. The van der Waals surface area contributed by atoms with Crippen molar-refractivity contribution in [2.45, 2.75) is 70.9 Å². The van der Waals surface area contributed by atoms with Gasteiger partial charge in [-0.1, -0.05) is 20.3 Å². The van der Waals surface area contributed by atoms with Crippen LogP contribution in [-0.4, -0.2) is 36.6 Å². The largest absolute Gasteiger partial charge is 0.314 e. The predicted molar refractivity (Wildman–Crippen MR) is 74.3 cm³/mol. The van der Waals surface area contributed by atoms with Crippen LogP contribution in [0.5, 0.6) is 0 Å². The second-order valence-corrected chi connectivity index (χ2v) is 6.00. The molecule has 0 bridgehead atoms. The summed E-state index contributed by atoms with van der Waals surface area (Å²) in [5.74, 6) is 1.04. The highest BCUT2D eigenvalue weighted by atomic mass is 15.2. The molecule has 17 heavy (non-hydrogen) atoms. The van der Waals surface area contributed by atoms with Gasteiger partial charge in [0, 0.05) is 18.6 Å². The first-order valence-corrected chi connectivity index (χ1v) is 7.80. The van der Waals surface area contributed by atoms with Crippen molar-refractivity contribution in [1.82, 2.24) is 10.2 Å². The van der Waals surface area contributed by atoms with Crippen LogP contribution in [0.15, 0.2) is 0 Å². The molecule has 0 aromatic carbocycles. The van der Waals surface area contributed by atoms with Gasteiger partial charge in [-0.05, 0) is 57.5 Å². The monoisotopic (exact) mass is 238 g/mol. The summed E-state index contributed by atoms with van der Waals surface area (Å²) in [4.78, 5) is 2.76. The van der Waals surface area contributed by atoms with E-state index in [9.17, 15) is 0 Å². The zero-order valence-electron chi connectivity index (χ0n) is 11.8. The van der Waals surface area contributed by atoms with Crippen LogP contribution >= 0.6 is 0 Å². The van der Waals surface area contributed by atoms with Gasteiger partial charge < -0.3 is 10.2 Å². The third-order valence-electron chi connectivity index (χ3n) is 4.44. The highest BCUT2D eigenvalue weighted by Gasteiger charge is 2.30. The van der Waals surface area contributed by atoms with Gasteiger partial charge in [-0.15, -0.1) is 0 Å². The summed E-state index contributed by atoms with van der Waals surface area (Å²) in [6.07, 6.45) is 9.89. The van der Waals surface area contributed by atoms with Crippen molar-refractivity contribution in [1.29, 1.82) is 0 Å². The summed E-state index contributed by atoms with van der Waals surface area (Å²) in [6.45, 7) is 8.43. The summed E-state index contributed by atoms with van der Waals surface area (Å²) < 4.78 is 0. The molecular formula is C15H30N2. The molecule has 2 aliphatic carbocycles. The first-order chi connectivity index (χ1) is 8.33. The second kappa shape index (κ2) is 6.75. The average molecular weight is 238 g/mol. The van der Waals surface area contributed by atoms with Crippen molar-refractivity contribution < 1.29 is 0 Å². The van der Waals surface area contributed by atoms with Gasteiger partial charge in [0.1, 0.15) is 0 Å². The summed E-state index contributed by atoms with van der Waals surface area (Å²) in [7, 11) is 0. The Balaban J connectivity index is 1.77. The molecule has 0 aromatic heterocycles. The number of hydrogen-bond donors (Lipinski definition) is 1. The van der Waals surface area contributed by atoms with Gasteiger partial charge in [-0.3, -0.25) is 0 Å². The van der Waals surface area contributed by atoms with E-state index in [4.69, 9.17) is 0 Å². The zero-order valence-corrected chi connectivity index (χ0v) is 11.8. The predicted octanol–water partition coefficient (Wildman–Crippen LogP) is 3.03. The average Bonchev–Trinajstić information content (AvgIpc) is 3.18. The Morgan fingerprint density at radius 3 is 2.59 bits per heavy atom. The molecule has 0 spiro atoms. The van der Waals surface area contributed by atoms with Crippen molar-refractivity contribution in [3.8, 4) is 0 Å². The number of hydrogen-bond acceptors (Lipinski definition) is 2. The van der Waals surface area contributed by atoms with Gasteiger partial charge in [-0.2, -0.15) is 0 Å². The molecule has 2 saturated carbocycles. The van der Waals surface area contributed by atoms with E-state index >= 15 is 0 Å². The lowest BCUT2D eigenvalue weighted by atomic mass is 9.89. The van der Waals surface area contributed by atoms with E-state index in [1.165, 1.54) is 64.6 Å². The van der Waals surface area contributed by atoms with Crippen molar-refractivity contribution in [2.24, 2.45) is 5.92 Å². The maximum absolute atomic E-state index is 3.72. The third-order valence-corrected chi connectivity index (χ3v) is 4.44. The molecule has 0 aromatic rings. The fourth-order valence-electron chi connectivity index (χ4n) is 3.20. The SMILES string of the molecule is CCCNC1CCCC(N(CC)CC2CC2)C1. The lowest BCUT2D eigenvalue weighted by molar-refractivity contribution is 0.140. The fraction of sp³-hybridized carbons (Fsp3) is 1.00. The molecule has 0 amide bonds. The Hall–Kier alpha value is -0.0800. The smallest absolute Gasteiger partial charge is 0.0110 e. The van der Waals surface area contributed by atoms with E-state index in [1.807, 2.05) is 0 Å². The van der Waals surface area contributed by atoms with E-state index in [0.29, 0.717) is 0 Å². The highest BCUT2D eigenvalue weighted by Crippen LogP contribution is 2.32. The summed E-state index contributed by atoms with van der Waals surface area (Å²) in [6, 6.07) is 1.66. The molecule has 2 fully saturated rings. The van der Waals surface area contributed by atoms with Crippen molar-refractivity contribution in [3.05, 3.63) is 0 Å². The van der Waals surface area contributed by atoms with E-state index in [-0.39, 0.29) is 0 Å². The minimum atomic E-state index is 0.793. The molecule has 2 heteroatoms. The molecule has 2 rings (SSSR count). The molecule has 0 heterocycles. The second-order valence-electron chi connectivity index (χ2n) is 6.00. The number of nitrogens with zero attached hydrogens (tertiary/aromatic N) is 1. The number of nitrogens with one attached hydrogen (secondary N) is 1. The van der Waals surface area contributed by atoms with Crippen LogP contribution in [0.3, 0.4) is 0 Å². The van der Waals surface area contributed by atoms with Gasteiger partial charge in [0.15, 0.2) is 0 Å². The van der Waals surface area contributed by atoms with Gasteiger partial charge in [0.05, 0.1) is 0 Å². The van der Waals surface area contributed by atoms with Gasteiger partial charge >= 0.3 is 0 Å². The maximum atomic E-state index is 3.72. The molecule has 2 aliphatic rings. The first-order valence-electron chi connectivity index (χ1n) is 7.80. The molecule has 0 aliphatic heterocycles. The molecule has 2 atom stereocenters. The van der Waals surface area contributed by atoms with Crippen molar-refractivity contribution in [2.75, 3.05) is 19.6 Å². The van der Waals surface area contributed by atoms with Crippen LogP contribution in [0, 0.1) is 5.92 Å². The lowest BCUT2D eigenvalue weighted by Gasteiger charge is -2.37. The molecular weight excluding hydrogens is 208 g/mol. The van der Waals surface area contributed by atoms with Crippen LogP contribution in [0.1, 0.15) is 58.8 Å². The van der Waals surface area contributed by atoms with E-state index < -0.39 is 0 Å². The van der Waals surface area contributed by atoms with Gasteiger partial charge in [-0.25, -0.2) is 0 Å². The summed E-state index contributed by atoms with van der Waals surface area (Å²) >= 11 is 0. The molecule has 0 radical (unpaired) electrons. The minimum absolute atomic E-state index is 0.793. The van der Waals surface area contributed by atoms with Gasteiger partial charge in [0.25, 0.3) is 0 Å². The normalized spacial score (nSPS) is 29.8. The van der Waals surface area contributed by atoms with Crippen LogP contribution < -0.4 is 5.32 Å². The third kappa shape index (κ3) is 4.26.